The Morgan fingerprint density at radius 2 is 1.82 bits per heavy atom. The third-order valence-corrected chi connectivity index (χ3v) is 5.58. The molecule has 0 radical (unpaired) electrons. The Labute approximate surface area is 168 Å². The summed E-state index contributed by atoms with van der Waals surface area (Å²) < 4.78 is 2.09. The van der Waals surface area contributed by atoms with Gasteiger partial charge in [0.15, 0.2) is 0 Å². The lowest BCUT2D eigenvalue weighted by atomic mass is 9.99. The maximum atomic E-state index is 12.1. The number of nitrogens with two attached hydrogens (primary N) is 1. The summed E-state index contributed by atoms with van der Waals surface area (Å²) in [6.07, 6.45) is 0. The molecule has 0 saturated carbocycles. The first-order valence-electron chi connectivity index (χ1n) is 9.19. The molecule has 0 aliphatic rings. The molecule has 0 spiro atoms. The van der Waals surface area contributed by atoms with Crippen LogP contribution in [-0.4, -0.2) is 15.6 Å². The van der Waals surface area contributed by atoms with Gasteiger partial charge in [-0.1, -0.05) is 49.7 Å². The van der Waals surface area contributed by atoms with E-state index in [1.165, 1.54) is 0 Å². The van der Waals surface area contributed by atoms with Gasteiger partial charge in [-0.3, -0.25) is 4.79 Å². The predicted octanol–water partition coefficient (Wildman–Crippen LogP) is 5.42. The average molecular weight is 393 g/mol. The maximum Gasteiger partial charge on any atom is 0.249 e. The van der Waals surface area contributed by atoms with Gasteiger partial charge in [-0.25, -0.2) is 0 Å². The van der Waals surface area contributed by atoms with Crippen LogP contribution in [0.3, 0.4) is 0 Å². The van der Waals surface area contributed by atoms with Gasteiger partial charge in [-0.15, -0.1) is 0 Å². The number of benzene rings is 3. The van der Waals surface area contributed by atoms with Gasteiger partial charge in [0, 0.05) is 22.5 Å². The number of hydrogen-bond acceptors (Lipinski definition) is 2. The molecule has 1 aromatic heterocycles. The minimum absolute atomic E-state index is 0.151. The van der Waals surface area contributed by atoms with Crippen molar-refractivity contribution in [1.82, 2.24) is 4.57 Å². The molecule has 4 rings (SSSR count). The number of nitrogens with zero attached hydrogens (tertiary/aromatic N) is 1. The van der Waals surface area contributed by atoms with Crippen molar-refractivity contribution in [2.24, 2.45) is 5.73 Å². The fourth-order valence-corrected chi connectivity index (χ4v) is 3.96. The molecule has 28 heavy (non-hydrogen) atoms. The molecule has 0 aliphatic carbocycles. The van der Waals surface area contributed by atoms with Crippen molar-refractivity contribution in [3.8, 4) is 5.75 Å². The van der Waals surface area contributed by atoms with E-state index in [-0.39, 0.29) is 11.7 Å². The molecule has 0 atom stereocenters. The van der Waals surface area contributed by atoms with E-state index in [0.717, 1.165) is 22.2 Å². The van der Waals surface area contributed by atoms with Crippen LogP contribution in [0.25, 0.3) is 21.8 Å². The molecule has 0 unspecified atom stereocenters. The topological polar surface area (TPSA) is 68.2 Å². The minimum atomic E-state index is -0.519. The lowest BCUT2D eigenvalue weighted by Gasteiger charge is -2.12. The Morgan fingerprint density at radius 1 is 1.07 bits per heavy atom. The normalized spacial score (nSPS) is 11.6. The Morgan fingerprint density at radius 3 is 2.50 bits per heavy atom. The molecule has 0 aliphatic heterocycles. The van der Waals surface area contributed by atoms with E-state index in [1.807, 2.05) is 36.4 Å². The fraction of sp³-hybridized carbons (Fsp3) is 0.174. The number of carbonyl (C=O) groups excluding carboxylic acids is 1. The Kier molecular flexibility index (Phi) is 4.52. The summed E-state index contributed by atoms with van der Waals surface area (Å²) in [7, 11) is 0. The summed E-state index contributed by atoms with van der Waals surface area (Å²) in [5, 5.41) is 12.8. The third kappa shape index (κ3) is 2.90. The van der Waals surface area contributed by atoms with Gasteiger partial charge in [0.2, 0.25) is 5.91 Å². The van der Waals surface area contributed by atoms with E-state index < -0.39 is 5.91 Å². The zero-order valence-corrected chi connectivity index (χ0v) is 16.5. The zero-order valence-electron chi connectivity index (χ0n) is 15.7. The zero-order chi connectivity index (χ0) is 20.0. The molecule has 5 heteroatoms. The SMILES string of the molecule is CC(C)c1cc(O)c2c3c(C(N)=O)cccc3n(Cc3ccccc3Cl)c2c1. The van der Waals surface area contributed by atoms with E-state index >= 15 is 0 Å². The van der Waals surface area contributed by atoms with Crippen molar-refractivity contribution >= 4 is 39.3 Å². The summed E-state index contributed by atoms with van der Waals surface area (Å²) >= 11 is 6.40. The van der Waals surface area contributed by atoms with Crippen LogP contribution in [0.2, 0.25) is 5.02 Å². The lowest BCUT2D eigenvalue weighted by Crippen LogP contribution is -2.11. The number of halogens is 1. The molecule has 3 N–H and O–H groups in total. The quantitative estimate of drug-likeness (QED) is 0.486. The van der Waals surface area contributed by atoms with Crippen LogP contribution >= 0.6 is 11.6 Å². The second kappa shape index (κ2) is 6.88. The van der Waals surface area contributed by atoms with Crippen LogP contribution in [0.4, 0.5) is 0 Å². The molecule has 1 amide bonds. The van der Waals surface area contributed by atoms with Crippen molar-refractivity contribution < 1.29 is 9.90 Å². The molecule has 4 nitrogen and oxygen atoms in total. The number of rotatable bonds is 4. The first kappa shape index (κ1) is 18.4. The Balaban J connectivity index is 2.12. The van der Waals surface area contributed by atoms with Crippen LogP contribution < -0.4 is 5.73 Å². The standard InChI is InChI=1S/C23H21ClN2O2/c1-13(2)15-10-19-22(20(27)11-15)21-16(23(25)28)7-5-9-18(21)26(19)12-14-6-3-4-8-17(14)24/h3-11,13,27H,12H2,1-2H3,(H2,25,28). The summed E-state index contributed by atoms with van der Waals surface area (Å²) in [5.74, 6) is -0.120. The molecule has 1 heterocycles. The largest absolute Gasteiger partial charge is 0.507 e. The molecular formula is C23H21ClN2O2. The highest BCUT2D eigenvalue weighted by molar-refractivity contribution is 6.31. The summed E-state index contributed by atoms with van der Waals surface area (Å²) in [6.45, 7) is 4.68. The van der Waals surface area contributed by atoms with Crippen LogP contribution in [0.15, 0.2) is 54.6 Å². The van der Waals surface area contributed by atoms with Crippen LogP contribution in [0, 0.1) is 0 Å². The van der Waals surface area contributed by atoms with Gasteiger partial charge in [-0.2, -0.15) is 0 Å². The number of amides is 1. The van der Waals surface area contributed by atoms with Gasteiger partial charge < -0.3 is 15.4 Å². The highest BCUT2D eigenvalue weighted by atomic mass is 35.5. The predicted molar refractivity (Wildman–Crippen MR) is 114 cm³/mol. The number of carbonyl (C=O) groups is 1. The second-order valence-corrected chi connectivity index (χ2v) is 7.74. The average Bonchev–Trinajstić information content (AvgIpc) is 2.97. The van der Waals surface area contributed by atoms with Gasteiger partial charge >= 0.3 is 0 Å². The van der Waals surface area contributed by atoms with Crippen molar-refractivity contribution in [3.05, 3.63) is 76.3 Å². The van der Waals surface area contributed by atoms with E-state index in [4.69, 9.17) is 17.3 Å². The number of fused-ring (bicyclic) bond motifs is 3. The van der Waals surface area contributed by atoms with Crippen molar-refractivity contribution in [2.75, 3.05) is 0 Å². The first-order valence-corrected chi connectivity index (χ1v) is 9.57. The lowest BCUT2D eigenvalue weighted by molar-refractivity contribution is 0.100. The van der Waals surface area contributed by atoms with Crippen molar-refractivity contribution in [1.29, 1.82) is 0 Å². The van der Waals surface area contributed by atoms with Gasteiger partial charge in [0.25, 0.3) is 0 Å². The first-order chi connectivity index (χ1) is 13.4. The molecule has 0 bridgehead atoms. The number of phenols is 1. The second-order valence-electron chi connectivity index (χ2n) is 7.33. The van der Waals surface area contributed by atoms with E-state index in [9.17, 15) is 9.90 Å². The van der Waals surface area contributed by atoms with Crippen LogP contribution in [-0.2, 0) is 6.54 Å². The van der Waals surface area contributed by atoms with Crippen molar-refractivity contribution in [3.63, 3.8) is 0 Å². The molecule has 142 valence electrons. The van der Waals surface area contributed by atoms with Crippen molar-refractivity contribution in [2.45, 2.75) is 26.3 Å². The number of hydrogen-bond donors (Lipinski definition) is 2. The number of primary amides is 1. The van der Waals surface area contributed by atoms with E-state index in [0.29, 0.717) is 27.9 Å². The summed E-state index contributed by atoms with van der Waals surface area (Å²) in [6, 6.07) is 17.0. The Hall–Kier alpha value is -2.98. The summed E-state index contributed by atoms with van der Waals surface area (Å²) in [5.41, 5.74) is 9.70. The fourth-order valence-electron chi connectivity index (χ4n) is 3.77. The van der Waals surface area contributed by atoms with Gasteiger partial charge in [0.05, 0.1) is 16.4 Å². The van der Waals surface area contributed by atoms with E-state index in [1.54, 1.807) is 12.1 Å². The number of aromatic nitrogens is 1. The van der Waals surface area contributed by atoms with E-state index in [2.05, 4.69) is 24.5 Å². The highest BCUT2D eigenvalue weighted by Crippen LogP contribution is 2.39. The number of aromatic hydroxyl groups is 1. The van der Waals surface area contributed by atoms with Gasteiger partial charge in [-0.05, 0) is 47.4 Å². The molecule has 0 fully saturated rings. The van der Waals surface area contributed by atoms with Gasteiger partial charge in [0.1, 0.15) is 5.75 Å². The summed E-state index contributed by atoms with van der Waals surface area (Å²) in [4.78, 5) is 12.1. The number of phenolic OH excluding ortho intramolecular Hbond substituents is 1. The highest BCUT2D eigenvalue weighted by Gasteiger charge is 2.20. The molecule has 3 aromatic carbocycles. The molecule has 4 aromatic rings. The van der Waals surface area contributed by atoms with Crippen LogP contribution in [0.5, 0.6) is 5.75 Å². The third-order valence-electron chi connectivity index (χ3n) is 5.21. The Bertz CT molecular complexity index is 1220. The minimum Gasteiger partial charge on any atom is -0.507 e. The smallest absolute Gasteiger partial charge is 0.249 e. The molecular weight excluding hydrogens is 372 g/mol. The maximum absolute atomic E-state index is 12.1. The molecule has 0 saturated heterocycles. The van der Waals surface area contributed by atoms with Crippen LogP contribution in [0.1, 0.15) is 41.3 Å². The monoisotopic (exact) mass is 392 g/mol.